The van der Waals surface area contributed by atoms with Gasteiger partial charge in [-0.1, -0.05) is 0 Å². The molecule has 0 spiro atoms. The van der Waals surface area contributed by atoms with E-state index in [4.69, 9.17) is 9.52 Å². The summed E-state index contributed by atoms with van der Waals surface area (Å²) in [5.41, 5.74) is 0. The molecule has 1 saturated heterocycles. The summed E-state index contributed by atoms with van der Waals surface area (Å²) >= 11 is 0. The Bertz CT molecular complexity index is 374. The number of carboxylic acids is 1. The van der Waals surface area contributed by atoms with Crippen molar-refractivity contribution in [1.82, 2.24) is 4.90 Å². The van der Waals surface area contributed by atoms with Gasteiger partial charge in [0.2, 0.25) is 0 Å². The van der Waals surface area contributed by atoms with E-state index in [1.54, 1.807) is 6.26 Å². The second-order valence-electron chi connectivity index (χ2n) is 5.21. The van der Waals surface area contributed by atoms with Crippen LogP contribution in [0.25, 0.3) is 0 Å². The molecule has 1 N–H and O–H groups in total. The minimum absolute atomic E-state index is 0.297. The second kappa shape index (κ2) is 6.05. The van der Waals surface area contributed by atoms with Gasteiger partial charge in [0.25, 0.3) is 0 Å². The molecule has 0 radical (unpaired) electrons. The van der Waals surface area contributed by atoms with Crippen LogP contribution >= 0.6 is 0 Å². The number of rotatable bonds is 6. The summed E-state index contributed by atoms with van der Waals surface area (Å²) in [7, 11) is 0. The number of hydrogen-bond donors (Lipinski definition) is 1. The molecule has 2 rings (SSSR count). The molecule has 1 fully saturated rings. The minimum Gasteiger partial charge on any atom is -0.481 e. The van der Waals surface area contributed by atoms with E-state index in [0.717, 1.165) is 38.1 Å². The fraction of sp³-hybridized carbons (Fsp3) is 0.643. The molecule has 4 heteroatoms. The van der Waals surface area contributed by atoms with Gasteiger partial charge < -0.3 is 9.52 Å². The number of hydrogen-bond acceptors (Lipinski definition) is 3. The molecule has 0 bridgehead atoms. The molecule has 0 saturated carbocycles. The third-order valence-corrected chi connectivity index (χ3v) is 3.78. The van der Waals surface area contributed by atoms with Gasteiger partial charge in [-0.2, -0.15) is 0 Å². The first kappa shape index (κ1) is 13.1. The Morgan fingerprint density at radius 1 is 1.67 bits per heavy atom. The van der Waals surface area contributed by atoms with Gasteiger partial charge in [-0.25, -0.2) is 0 Å². The van der Waals surface area contributed by atoms with Crippen molar-refractivity contribution in [2.75, 3.05) is 13.1 Å². The molecular weight excluding hydrogens is 230 g/mol. The van der Waals surface area contributed by atoms with Crippen molar-refractivity contribution in [3.8, 4) is 0 Å². The van der Waals surface area contributed by atoms with E-state index in [-0.39, 0.29) is 0 Å². The normalized spacial score (nSPS) is 22.2. The summed E-state index contributed by atoms with van der Waals surface area (Å²) < 4.78 is 5.37. The van der Waals surface area contributed by atoms with Gasteiger partial charge in [-0.3, -0.25) is 9.69 Å². The van der Waals surface area contributed by atoms with Gasteiger partial charge in [0.05, 0.1) is 6.26 Å². The summed E-state index contributed by atoms with van der Waals surface area (Å²) in [6, 6.07) is 4.39. The van der Waals surface area contributed by atoms with Crippen LogP contribution in [-0.4, -0.2) is 35.1 Å². The van der Waals surface area contributed by atoms with E-state index >= 15 is 0 Å². The maximum absolute atomic E-state index is 10.6. The Labute approximate surface area is 108 Å². The summed E-state index contributed by atoms with van der Waals surface area (Å²) in [5.74, 6) is 0.883. The molecular formula is C14H21NO3. The highest BCUT2D eigenvalue weighted by molar-refractivity contribution is 5.66. The number of carbonyl (C=O) groups is 1. The standard InChI is InChI=1S/C14H21NO3/c1-11(9-13-3-2-8-18-13)15-7-6-12(10-15)4-5-14(16)17/h2-3,8,11-12H,4-7,9-10H2,1H3,(H,16,17). The highest BCUT2D eigenvalue weighted by Crippen LogP contribution is 2.24. The van der Waals surface area contributed by atoms with Crippen LogP contribution in [0, 0.1) is 5.92 Å². The van der Waals surface area contributed by atoms with Crippen molar-refractivity contribution >= 4 is 5.97 Å². The molecule has 0 aliphatic carbocycles. The quantitative estimate of drug-likeness (QED) is 0.843. The first-order chi connectivity index (χ1) is 8.65. The van der Waals surface area contributed by atoms with Crippen molar-refractivity contribution in [1.29, 1.82) is 0 Å². The van der Waals surface area contributed by atoms with Crippen LogP contribution in [-0.2, 0) is 11.2 Å². The van der Waals surface area contributed by atoms with Gasteiger partial charge >= 0.3 is 5.97 Å². The number of aliphatic carboxylic acids is 1. The van der Waals surface area contributed by atoms with Gasteiger partial charge in [0, 0.05) is 25.4 Å². The monoisotopic (exact) mass is 251 g/mol. The number of furan rings is 1. The SMILES string of the molecule is CC(Cc1ccco1)N1CCC(CCC(=O)O)C1. The van der Waals surface area contributed by atoms with Crippen LogP contribution in [0.15, 0.2) is 22.8 Å². The largest absolute Gasteiger partial charge is 0.481 e. The molecule has 2 unspecified atom stereocenters. The summed E-state index contributed by atoms with van der Waals surface area (Å²) in [5, 5.41) is 8.69. The average Bonchev–Trinajstić information content (AvgIpc) is 2.96. The van der Waals surface area contributed by atoms with E-state index in [1.165, 1.54) is 0 Å². The van der Waals surface area contributed by atoms with Crippen LogP contribution in [0.4, 0.5) is 0 Å². The smallest absolute Gasteiger partial charge is 0.303 e. The highest BCUT2D eigenvalue weighted by atomic mass is 16.4. The van der Waals surface area contributed by atoms with Gasteiger partial charge in [0.1, 0.15) is 5.76 Å². The first-order valence-corrected chi connectivity index (χ1v) is 6.63. The lowest BCUT2D eigenvalue weighted by Crippen LogP contribution is -2.32. The predicted molar refractivity (Wildman–Crippen MR) is 68.4 cm³/mol. The lowest BCUT2D eigenvalue weighted by atomic mass is 10.0. The minimum atomic E-state index is -0.683. The molecule has 2 heterocycles. The van der Waals surface area contributed by atoms with Crippen molar-refractivity contribution in [3.05, 3.63) is 24.2 Å². The van der Waals surface area contributed by atoms with E-state index < -0.39 is 5.97 Å². The fourth-order valence-electron chi connectivity index (χ4n) is 2.68. The zero-order chi connectivity index (χ0) is 13.0. The lowest BCUT2D eigenvalue weighted by Gasteiger charge is -2.23. The van der Waals surface area contributed by atoms with E-state index in [1.807, 2.05) is 12.1 Å². The van der Waals surface area contributed by atoms with E-state index in [0.29, 0.717) is 18.4 Å². The van der Waals surface area contributed by atoms with Crippen LogP contribution in [0.2, 0.25) is 0 Å². The number of carboxylic acid groups (broad SMARTS) is 1. The van der Waals surface area contributed by atoms with Crippen LogP contribution in [0.5, 0.6) is 0 Å². The predicted octanol–water partition coefficient (Wildman–Crippen LogP) is 2.40. The third-order valence-electron chi connectivity index (χ3n) is 3.78. The lowest BCUT2D eigenvalue weighted by molar-refractivity contribution is -0.137. The molecule has 1 aliphatic rings. The summed E-state index contributed by atoms with van der Waals surface area (Å²) in [6.45, 7) is 4.31. The van der Waals surface area contributed by atoms with Crippen molar-refractivity contribution in [2.24, 2.45) is 5.92 Å². The Morgan fingerprint density at radius 2 is 2.50 bits per heavy atom. The van der Waals surface area contributed by atoms with Gasteiger partial charge in [-0.05, 0) is 44.4 Å². The topological polar surface area (TPSA) is 53.7 Å². The Morgan fingerprint density at radius 3 is 3.17 bits per heavy atom. The van der Waals surface area contributed by atoms with Gasteiger partial charge in [-0.15, -0.1) is 0 Å². The van der Waals surface area contributed by atoms with Crippen LogP contribution in [0.3, 0.4) is 0 Å². The molecule has 0 aromatic carbocycles. The maximum Gasteiger partial charge on any atom is 0.303 e. The summed E-state index contributed by atoms with van der Waals surface area (Å²) in [4.78, 5) is 13.0. The third kappa shape index (κ3) is 3.60. The van der Waals surface area contributed by atoms with Crippen molar-refractivity contribution < 1.29 is 14.3 Å². The molecule has 0 amide bonds. The molecule has 1 aromatic rings. The molecule has 2 atom stereocenters. The van der Waals surface area contributed by atoms with Crippen LogP contribution < -0.4 is 0 Å². The van der Waals surface area contributed by atoms with Crippen LogP contribution in [0.1, 0.15) is 31.9 Å². The Balaban J connectivity index is 1.75. The van der Waals surface area contributed by atoms with Gasteiger partial charge in [0.15, 0.2) is 0 Å². The molecule has 18 heavy (non-hydrogen) atoms. The maximum atomic E-state index is 10.6. The highest BCUT2D eigenvalue weighted by Gasteiger charge is 2.26. The zero-order valence-corrected chi connectivity index (χ0v) is 10.8. The van der Waals surface area contributed by atoms with E-state index in [9.17, 15) is 4.79 Å². The van der Waals surface area contributed by atoms with Crippen molar-refractivity contribution in [3.63, 3.8) is 0 Å². The number of likely N-dealkylation sites (tertiary alicyclic amines) is 1. The molecule has 100 valence electrons. The summed E-state index contributed by atoms with van der Waals surface area (Å²) in [6.07, 6.45) is 4.86. The second-order valence-corrected chi connectivity index (χ2v) is 5.21. The van der Waals surface area contributed by atoms with E-state index in [2.05, 4.69) is 11.8 Å². The molecule has 4 nitrogen and oxygen atoms in total. The number of nitrogens with zero attached hydrogens (tertiary/aromatic N) is 1. The van der Waals surface area contributed by atoms with Crippen molar-refractivity contribution in [2.45, 2.75) is 38.6 Å². The average molecular weight is 251 g/mol. The first-order valence-electron chi connectivity index (χ1n) is 6.63. The Hall–Kier alpha value is -1.29. The fourth-order valence-corrected chi connectivity index (χ4v) is 2.68. The molecule has 1 aromatic heterocycles. The molecule has 1 aliphatic heterocycles. The zero-order valence-electron chi connectivity index (χ0n) is 10.8. The Kier molecular flexibility index (Phi) is 4.42.